The molecule has 1 aromatic heterocycles. The van der Waals surface area contributed by atoms with E-state index in [1.807, 2.05) is 41.8 Å². The van der Waals surface area contributed by atoms with Gasteiger partial charge < -0.3 is 9.80 Å². The summed E-state index contributed by atoms with van der Waals surface area (Å²) in [6.45, 7) is 6.53. The molecular formula is C23H30N4O2. The van der Waals surface area contributed by atoms with E-state index in [1.54, 1.807) is 0 Å². The predicted molar refractivity (Wildman–Crippen MR) is 113 cm³/mol. The van der Waals surface area contributed by atoms with Crippen molar-refractivity contribution in [3.8, 4) is 0 Å². The summed E-state index contributed by atoms with van der Waals surface area (Å²) in [6, 6.07) is 5.55. The monoisotopic (exact) mass is 394 g/mol. The van der Waals surface area contributed by atoms with Gasteiger partial charge in [0, 0.05) is 37.7 Å². The first-order chi connectivity index (χ1) is 14.0. The van der Waals surface area contributed by atoms with Crippen molar-refractivity contribution in [2.24, 2.45) is 5.92 Å². The number of hydrogen-bond donors (Lipinski definition) is 0. The molecule has 0 unspecified atom stereocenters. The van der Waals surface area contributed by atoms with Gasteiger partial charge in [-0.2, -0.15) is 0 Å². The number of fused-ring (bicyclic) bond motifs is 1. The summed E-state index contributed by atoms with van der Waals surface area (Å²) in [5, 5.41) is 0. The van der Waals surface area contributed by atoms with Gasteiger partial charge in [-0.15, -0.1) is 0 Å². The molecule has 6 nitrogen and oxygen atoms in total. The highest BCUT2D eigenvalue weighted by Gasteiger charge is 2.28. The van der Waals surface area contributed by atoms with Gasteiger partial charge in [0.2, 0.25) is 5.91 Å². The van der Waals surface area contributed by atoms with Crippen LogP contribution in [0.3, 0.4) is 0 Å². The van der Waals surface area contributed by atoms with Gasteiger partial charge in [-0.3, -0.25) is 9.59 Å². The highest BCUT2D eigenvalue weighted by atomic mass is 16.2. The molecule has 2 amide bonds. The van der Waals surface area contributed by atoms with Crippen LogP contribution in [0, 0.1) is 19.8 Å². The number of benzene rings is 1. The van der Waals surface area contributed by atoms with Crippen LogP contribution >= 0.6 is 0 Å². The maximum atomic E-state index is 13.1. The van der Waals surface area contributed by atoms with Crippen molar-refractivity contribution in [2.45, 2.75) is 52.4 Å². The van der Waals surface area contributed by atoms with E-state index in [0.29, 0.717) is 31.1 Å². The van der Waals surface area contributed by atoms with Crippen LogP contribution in [0.4, 0.5) is 0 Å². The second kappa shape index (κ2) is 8.47. The molecule has 2 aromatic rings. The van der Waals surface area contributed by atoms with E-state index in [9.17, 15) is 9.59 Å². The molecule has 0 N–H and O–H groups in total. The van der Waals surface area contributed by atoms with E-state index in [0.717, 1.165) is 48.2 Å². The van der Waals surface area contributed by atoms with Crippen LogP contribution < -0.4 is 0 Å². The second-order valence-corrected chi connectivity index (χ2v) is 8.40. The van der Waals surface area contributed by atoms with Crippen LogP contribution in [0.1, 0.15) is 60.3 Å². The number of hydrogen-bond acceptors (Lipinski definition) is 4. The average molecular weight is 395 g/mol. The molecule has 1 aromatic carbocycles. The molecule has 1 aliphatic carbocycles. The van der Waals surface area contributed by atoms with Gasteiger partial charge in [-0.25, -0.2) is 9.97 Å². The van der Waals surface area contributed by atoms with Gasteiger partial charge in [-0.05, 0) is 51.3 Å². The number of aryl methyl sites for hydroxylation is 2. The fourth-order valence-corrected chi connectivity index (χ4v) is 4.49. The van der Waals surface area contributed by atoms with Crippen molar-refractivity contribution >= 4 is 22.8 Å². The van der Waals surface area contributed by atoms with E-state index in [1.165, 1.54) is 19.3 Å². The molecule has 29 heavy (non-hydrogen) atoms. The lowest BCUT2D eigenvalue weighted by Gasteiger charge is -2.28. The van der Waals surface area contributed by atoms with Crippen LogP contribution in [0.25, 0.3) is 11.0 Å². The summed E-state index contributed by atoms with van der Waals surface area (Å²) < 4.78 is 0. The second-order valence-electron chi connectivity index (χ2n) is 8.40. The molecule has 1 saturated carbocycles. The van der Waals surface area contributed by atoms with Crippen LogP contribution in [0.2, 0.25) is 0 Å². The number of aromatic nitrogens is 2. The molecule has 1 aliphatic heterocycles. The lowest BCUT2D eigenvalue weighted by atomic mass is 9.88. The number of rotatable bonds is 2. The third-order valence-electron chi connectivity index (χ3n) is 6.37. The van der Waals surface area contributed by atoms with Crippen LogP contribution in [-0.4, -0.2) is 57.8 Å². The van der Waals surface area contributed by atoms with Crippen molar-refractivity contribution in [1.29, 1.82) is 0 Å². The smallest absolute Gasteiger partial charge is 0.253 e. The lowest BCUT2D eigenvalue weighted by molar-refractivity contribution is -0.136. The molecule has 4 rings (SSSR count). The maximum absolute atomic E-state index is 13.1. The van der Waals surface area contributed by atoms with Crippen molar-refractivity contribution in [3.05, 3.63) is 35.2 Å². The predicted octanol–water partition coefficient (Wildman–Crippen LogP) is 3.50. The van der Waals surface area contributed by atoms with Crippen molar-refractivity contribution in [3.63, 3.8) is 0 Å². The topological polar surface area (TPSA) is 66.4 Å². The first kappa shape index (κ1) is 19.8. The van der Waals surface area contributed by atoms with Crippen LogP contribution in [-0.2, 0) is 4.79 Å². The summed E-state index contributed by atoms with van der Waals surface area (Å²) in [6.07, 6.45) is 6.46. The Morgan fingerprint density at radius 3 is 2.24 bits per heavy atom. The Morgan fingerprint density at radius 1 is 0.828 bits per heavy atom. The molecule has 2 fully saturated rings. The SMILES string of the molecule is Cc1nc2ccc(C(=O)N3CCCN(C(=O)C4CCCCC4)CC3)cc2nc1C. The summed E-state index contributed by atoms with van der Waals surface area (Å²) >= 11 is 0. The van der Waals surface area contributed by atoms with Gasteiger partial charge in [0.15, 0.2) is 0 Å². The third-order valence-corrected chi connectivity index (χ3v) is 6.37. The number of nitrogens with zero attached hydrogens (tertiary/aromatic N) is 4. The normalized spacial score (nSPS) is 18.7. The van der Waals surface area contributed by atoms with Crippen molar-refractivity contribution in [1.82, 2.24) is 19.8 Å². The molecule has 0 atom stereocenters. The van der Waals surface area contributed by atoms with Gasteiger partial charge in [-0.1, -0.05) is 19.3 Å². The number of carbonyl (C=O) groups is 2. The highest BCUT2D eigenvalue weighted by Crippen LogP contribution is 2.26. The minimum absolute atomic E-state index is 0.0129. The molecule has 2 aliphatic rings. The summed E-state index contributed by atoms with van der Waals surface area (Å²) in [4.78, 5) is 39.0. The first-order valence-electron chi connectivity index (χ1n) is 10.9. The fourth-order valence-electron chi connectivity index (χ4n) is 4.49. The third kappa shape index (κ3) is 4.26. The molecule has 0 bridgehead atoms. The highest BCUT2D eigenvalue weighted by molar-refractivity contribution is 5.97. The Balaban J connectivity index is 1.45. The van der Waals surface area contributed by atoms with E-state index in [4.69, 9.17) is 0 Å². The Bertz CT molecular complexity index is 920. The maximum Gasteiger partial charge on any atom is 0.253 e. The van der Waals surface area contributed by atoms with Crippen molar-refractivity contribution in [2.75, 3.05) is 26.2 Å². The lowest BCUT2D eigenvalue weighted by Crippen LogP contribution is -2.40. The number of carbonyl (C=O) groups excluding carboxylic acids is 2. The van der Waals surface area contributed by atoms with Gasteiger partial charge in [0.1, 0.15) is 0 Å². The number of amides is 2. The molecule has 154 valence electrons. The summed E-state index contributed by atoms with van der Waals surface area (Å²) in [5.74, 6) is 0.501. The van der Waals surface area contributed by atoms with Crippen molar-refractivity contribution < 1.29 is 9.59 Å². The zero-order valence-corrected chi connectivity index (χ0v) is 17.5. The summed E-state index contributed by atoms with van der Waals surface area (Å²) in [5.41, 5.74) is 4.00. The first-order valence-corrected chi connectivity index (χ1v) is 10.9. The Hall–Kier alpha value is -2.50. The standard InChI is InChI=1S/C23H30N4O2/c1-16-17(2)25-21-15-19(9-10-20(21)24-16)23(29)27-12-6-11-26(13-14-27)22(28)18-7-4-3-5-8-18/h9-10,15,18H,3-8,11-14H2,1-2H3. The zero-order valence-electron chi connectivity index (χ0n) is 17.5. The van der Waals surface area contributed by atoms with E-state index < -0.39 is 0 Å². The minimum atomic E-state index is 0.0129. The van der Waals surface area contributed by atoms with Gasteiger partial charge in [0.05, 0.1) is 22.4 Å². The van der Waals surface area contributed by atoms with Crippen LogP contribution in [0.15, 0.2) is 18.2 Å². The molecular weight excluding hydrogens is 364 g/mol. The van der Waals surface area contributed by atoms with Crippen LogP contribution in [0.5, 0.6) is 0 Å². The van der Waals surface area contributed by atoms with Gasteiger partial charge in [0.25, 0.3) is 5.91 Å². The molecule has 0 radical (unpaired) electrons. The largest absolute Gasteiger partial charge is 0.341 e. The zero-order chi connectivity index (χ0) is 20.4. The Kier molecular flexibility index (Phi) is 5.79. The van der Waals surface area contributed by atoms with Gasteiger partial charge >= 0.3 is 0 Å². The average Bonchev–Trinajstić information content (AvgIpc) is 3.00. The molecule has 2 heterocycles. The van der Waals surface area contributed by atoms with E-state index >= 15 is 0 Å². The molecule has 6 heteroatoms. The molecule has 0 spiro atoms. The van der Waals surface area contributed by atoms with E-state index in [-0.39, 0.29) is 11.8 Å². The molecule has 1 saturated heterocycles. The Morgan fingerprint density at radius 2 is 1.48 bits per heavy atom. The minimum Gasteiger partial charge on any atom is -0.341 e. The van der Waals surface area contributed by atoms with E-state index in [2.05, 4.69) is 9.97 Å². The Labute approximate surface area is 172 Å². The quantitative estimate of drug-likeness (QED) is 0.782. The summed E-state index contributed by atoms with van der Waals surface area (Å²) in [7, 11) is 0. The fraction of sp³-hybridized carbons (Fsp3) is 0.565.